The van der Waals surface area contributed by atoms with Gasteiger partial charge in [-0.15, -0.1) is 0 Å². The molecule has 0 aliphatic heterocycles. The number of nitrogen functional groups attached to an aromatic ring is 1. The zero-order valence-corrected chi connectivity index (χ0v) is 8.99. The van der Waals surface area contributed by atoms with E-state index < -0.39 is 5.54 Å². The molecule has 15 heavy (non-hydrogen) atoms. The summed E-state index contributed by atoms with van der Waals surface area (Å²) in [7, 11) is 0. The Kier molecular flexibility index (Phi) is 3.49. The molecule has 0 atom stereocenters. The standard InChI is InChI=1S/C10H17N3O2/c1-7-3-4-8(11)9(12-7)13-10(2,5-14)6-15/h3-4,14-15H,5-6,11H2,1-2H3,(H,12,13). The van der Waals surface area contributed by atoms with E-state index in [2.05, 4.69) is 10.3 Å². The fraction of sp³-hybridized carbons (Fsp3) is 0.500. The normalized spacial score (nSPS) is 11.5. The number of nitrogens with zero attached hydrogens (tertiary/aromatic N) is 1. The zero-order chi connectivity index (χ0) is 11.5. The van der Waals surface area contributed by atoms with Gasteiger partial charge in [0.05, 0.1) is 24.4 Å². The Balaban J connectivity index is 2.92. The lowest BCUT2D eigenvalue weighted by atomic mass is 10.1. The lowest BCUT2D eigenvalue weighted by Crippen LogP contribution is -2.43. The fourth-order valence-electron chi connectivity index (χ4n) is 1.08. The maximum Gasteiger partial charge on any atom is 0.150 e. The molecular formula is C10H17N3O2. The summed E-state index contributed by atoms with van der Waals surface area (Å²) in [6.07, 6.45) is 0. The predicted molar refractivity (Wildman–Crippen MR) is 59.6 cm³/mol. The molecule has 1 aromatic rings. The van der Waals surface area contributed by atoms with Gasteiger partial charge in [-0.1, -0.05) is 0 Å². The lowest BCUT2D eigenvalue weighted by Gasteiger charge is -2.27. The predicted octanol–water partition coefficient (Wildman–Crippen LogP) is 0.127. The van der Waals surface area contributed by atoms with Crippen molar-refractivity contribution >= 4 is 11.5 Å². The summed E-state index contributed by atoms with van der Waals surface area (Å²) >= 11 is 0. The number of aliphatic hydroxyl groups is 2. The van der Waals surface area contributed by atoms with E-state index >= 15 is 0 Å². The highest BCUT2D eigenvalue weighted by atomic mass is 16.3. The molecule has 0 aliphatic carbocycles. The first-order chi connectivity index (χ1) is 7.00. The minimum absolute atomic E-state index is 0.196. The molecular weight excluding hydrogens is 194 g/mol. The van der Waals surface area contributed by atoms with Crippen molar-refractivity contribution in [3.63, 3.8) is 0 Å². The molecule has 0 saturated heterocycles. The smallest absolute Gasteiger partial charge is 0.150 e. The topological polar surface area (TPSA) is 91.4 Å². The van der Waals surface area contributed by atoms with Crippen LogP contribution in [-0.2, 0) is 0 Å². The van der Waals surface area contributed by atoms with Gasteiger partial charge in [0.25, 0.3) is 0 Å². The van der Waals surface area contributed by atoms with Gasteiger partial charge in [0.2, 0.25) is 0 Å². The molecule has 1 heterocycles. The molecule has 0 fully saturated rings. The van der Waals surface area contributed by atoms with Gasteiger partial charge in [-0.3, -0.25) is 0 Å². The number of rotatable bonds is 4. The van der Waals surface area contributed by atoms with Crippen molar-refractivity contribution in [1.82, 2.24) is 4.98 Å². The van der Waals surface area contributed by atoms with Crippen LogP contribution in [0.2, 0.25) is 0 Å². The maximum atomic E-state index is 9.12. The highest BCUT2D eigenvalue weighted by molar-refractivity contribution is 5.62. The van der Waals surface area contributed by atoms with Crippen LogP contribution in [0.4, 0.5) is 11.5 Å². The largest absolute Gasteiger partial charge is 0.396 e. The zero-order valence-electron chi connectivity index (χ0n) is 8.99. The molecule has 0 aromatic carbocycles. The summed E-state index contributed by atoms with van der Waals surface area (Å²) in [6.45, 7) is 3.15. The molecule has 0 spiro atoms. The van der Waals surface area contributed by atoms with E-state index in [1.807, 2.05) is 6.92 Å². The first-order valence-electron chi connectivity index (χ1n) is 4.74. The van der Waals surface area contributed by atoms with Gasteiger partial charge < -0.3 is 21.3 Å². The lowest BCUT2D eigenvalue weighted by molar-refractivity contribution is 0.147. The van der Waals surface area contributed by atoms with E-state index in [-0.39, 0.29) is 13.2 Å². The number of aryl methyl sites for hydroxylation is 1. The molecule has 0 bridgehead atoms. The number of nitrogens with one attached hydrogen (secondary N) is 1. The van der Waals surface area contributed by atoms with Crippen molar-refractivity contribution < 1.29 is 10.2 Å². The SMILES string of the molecule is Cc1ccc(N)c(NC(C)(CO)CO)n1. The minimum Gasteiger partial charge on any atom is -0.396 e. The van der Waals surface area contributed by atoms with Crippen LogP contribution in [0.15, 0.2) is 12.1 Å². The van der Waals surface area contributed by atoms with Crippen LogP contribution in [-0.4, -0.2) is 33.9 Å². The van der Waals surface area contributed by atoms with Gasteiger partial charge >= 0.3 is 0 Å². The molecule has 0 amide bonds. The molecule has 84 valence electrons. The summed E-state index contributed by atoms with van der Waals surface area (Å²) in [4.78, 5) is 4.20. The number of anilines is 2. The number of pyridine rings is 1. The average Bonchev–Trinajstić information content (AvgIpc) is 2.23. The molecule has 0 unspecified atom stereocenters. The Hall–Kier alpha value is -1.33. The van der Waals surface area contributed by atoms with E-state index in [0.29, 0.717) is 11.5 Å². The molecule has 0 saturated carbocycles. The van der Waals surface area contributed by atoms with Gasteiger partial charge in [0.1, 0.15) is 5.82 Å². The van der Waals surface area contributed by atoms with Crippen LogP contribution in [0.1, 0.15) is 12.6 Å². The Morgan fingerprint density at radius 1 is 1.40 bits per heavy atom. The van der Waals surface area contributed by atoms with Crippen LogP contribution in [0, 0.1) is 6.92 Å². The Bertz CT molecular complexity index is 337. The van der Waals surface area contributed by atoms with Crippen molar-refractivity contribution in [1.29, 1.82) is 0 Å². The van der Waals surface area contributed by atoms with E-state index in [1.165, 1.54) is 0 Å². The Morgan fingerprint density at radius 3 is 2.53 bits per heavy atom. The molecule has 1 aromatic heterocycles. The van der Waals surface area contributed by atoms with Crippen molar-refractivity contribution in [2.45, 2.75) is 19.4 Å². The van der Waals surface area contributed by atoms with Gasteiger partial charge in [-0.25, -0.2) is 4.98 Å². The molecule has 5 nitrogen and oxygen atoms in total. The molecule has 0 radical (unpaired) electrons. The second-order valence-electron chi connectivity index (χ2n) is 3.89. The van der Waals surface area contributed by atoms with Crippen molar-refractivity contribution in [2.75, 3.05) is 24.3 Å². The molecule has 5 heteroatoms. The number of aliphatic hydroxyl groups excluding tert-OH is 2. The number of nitrogens with two attached hydrogens (primary N) is 1. The molecule has 0 aliphatic rings. The van der Waals surface area contributed by atoms with Crippen LogP contribution < -0.4 is 11.1 Å². The number of hydrogen-bond acceptors (Lipinski definition) is 5. The van der Waals surface area contributed by atoms with Crippen LogP contribution in [0.25, 0.3) is 0 Å². The highest BCUT2D eigenvalue weighted by Crippen LogP contribution is 2.19. The first kappa shape index (κ1) is 11.7. The minimum atomic E-state index is -0.811. The fourth-order valence-corrected chi connectivity index (χ4v) is 1.08. The van der Waals surface area contributed by atoms with E-state index in [1.54, 1.807) is 19.1 Å². The van der Waals surface area contributed by atoms with Crippen LogP contribution in [0.5, 0.6) is 0 Å². The number of hydrogen-bond donors (Lipinski definition) is 4. The van der Waals surface area contributed by atoms with E-state index in [9.17, 15) is 0 Å². The summed E-state index contributed by atoms with van der Waals surface area (Å²) in [5.74, 6) is 0.487. The van der Waals surface area contributed by atoms with Crippen LogP contribution in [0.3, 0.4) is 0 Å². The first-order valence-corrected chi connectivity index (χ1v) is 4.74. The third-order valence-electron chi connectivity index (χ3n) is 2.18. The quantitative estimate of drug-likeness (QED) is 0.568. The third-order valence-corrected chi connectivity index (χ3v) is 2.18. The van der Waals surface area contributed by atoms with Gasteiger partial charge in [0, 0.05) is 5.69 Å². The molecule has 5 N–H and O–H groups in total. The maximum absolute atomic E-state index is 9.12. The summed E-state index contributed by atoms with van der Waals surface area (Å²) in [5, 5.41) is 21.2. The summed E-state index contributed by atoms with van der Waals surface area (Å²) < 4.78 is 0. The second kappa shape index (κ2) is 4.46. The third kappa shape index (κ3) is 2.81. The van der Waals surface area contributed by atoms with Gasteiger partial charge in [-0.05, 0) is 26.0 Å². The van der Waals surface area contributed by atoms with Crippen molar-refractivity contribution in [3.05, 3.63) is 17.8 Å². The summed E-state index contributed by atoms with van der Waals surface area (Å²) in [6, 6.07) is 3.54. The van der Waals surface area contributed by atoms with E-state index in [4.69, 9.17) is 15.9 Å². The van der Waals surface area contributed by atoms with E-state index in [0.717, 1.165) is 5.69 Å². The molecule has 1 rings (SSSR count). The summed E-state index contributed by atoms with van der Waals surface area (Å²) in [5.41, 5.74) is 6.23. The van der Waals surface area contributed by atoms with Gasteiger partial charge in [-0.2, -0.15) is 0 Å². The second-order valence-corrected chi connectivity index (χ2v) is 3.89. The van der Waals surface area contributed by atoms with Crippen molar-refractivity contribution in [2.24, 2.45) is 0 Å². The van der Waals surface area contributed by atoms with Gasteiger partial charge in [0.15, 0.2) is 0 Å². The average molecular weight is 211 g/mol. The van der Waals surface area contributed by atoms with Crippen molar-refractivity contribution in [3.8, 4) is 0 Å². The number of aromatic nitrogens is 1. The highest BCUT2D eigenvalue weighted by Gasteiger charge is 2.23. The Morgan fingerprint density at radius 2 is 2.00 bits per heavy atom. The monoisotopic (exact) mass is 211 g/mol. The van der Waals surface area contributed by atoms with Crippen LogP contribution >= 0.6 is 0 Å². The Labute approximate surface area is 89.0 Å².